The molecule has 14 heteroatoms. The Bertz CT molecular complexity index is 905. The van der Waals surface area contributed by atoms with E-state index in [1.807, 2.05) is 0 Å². The molecule has 0 fully saturated rings. The molecular formula is C10H10N5O6PS2. The lowest BCUT2D eigenvalue weighted by molar-refractivity contribution is 0.130. The third kappa shape index (κ3) is 3.22. The van der Waals surface area contributed by atoms with Crippen LogP contribution in [0.2, 0.25) is 0 Å². The number of ether oxygens (including phenoxy) is 1. The summed E-state index contributed by atoms with van der Waals surface area (Å²) in [5.41, 5.74) is 5.11. The molecule has 0 aromatic carbocycles. The van der Waals surface area contributed by atoms with Gasteiger partial charge < -0.3 is 25.6 Å². The average molecular weight is 391 g/mol. The Kier molecular flexibility index (Phi) is 4.23. The van der Waals surface area contributed by atoms with E-state index >= 15 is 0 Å². The summed E-state index contributed by atoms with van der Waals surface area (Å²) in [6.07, 6.45) is -0.926. The van der Waals surface area contributed by atoms with Crippen molar-refractivity contribution in [2.24, 2.45) is 4.99 Å². The van der Waals surface area contributed by atoms with Gasteiger partial charge in [-0.15, -0.1) is 12.6 Å². The van der Waals surface area contributed by atoms with Gasteiger partial charge in [-0.1, -0.05) is 12.2 Å². The number of fused-ring (bicyclic) bond motifs is 2. The predicted molar refractivity (Wildman–Crippen MR) is 91.5 cm³/mol. The van der Waals surface area contributed by atoms with Gasteiger partial charge in [0, 0.05) is 0 Å². The second kappa shape index (κ2) is 5.95. The van der Waals surface area contributed by atoms with Gasteiger partial charge in [-0.25, -0.2) is 9.56 Å². The van der Waals surface area contributed by atoms with E-state index in [1.54, 1.807) is 0 Å². The zero-order chi connectivity index (χ0) is 17.6. The van der Waals surface area contributed by atoms with Crippen molar-refractivity contribution in [3.63, 3.8) is 0 Å². The van der Waals surface area contributed by atoms with E-state index in [2.05, 4.69) is 37.4 Å². The van der Waals surface area contributed by atoms with E-state index in [4.69, 9.17) is 32.5 Å². The van der Waals surface area contributed by atoms with E-state index in [0.29, 0.717) is 0 Å². The smallest absolute Gasteiger partial charge is 0.465 e. The molecule has 1 aromatic heterocycles. The SMILES string of the molecule is Nc1nc2c(c(=O)[nH]1)N=C1C(=S)C(S)=C(COP(=O)(O)O)O[C@H]1N2. The molecule has 0 radical (unpaired) electrons. The number of thiocarbonyl (C=S) groups is 1. The van der Waals surface area contributed by atoms with E-state index < -0.39 is 26.2 Å². The van der Waals surface area contributed by atoms with E-state index in [1.165, 1.54) is 0 Å². The average Bonchev–Trinajstić information content (AvgIpc) is 2.47. The van der Waals surface area contributed by atoms with E-state index in [9.17, 15) is 9.36 Å². The molecule has 6 N–H and O–H groups in total. The Hall–Kier alpha value is -1.76. The molecule has 0 spiro atoms. The van der Waals surface area contributed by atoms with Crippen molar-refractivity contribution >= 4 is 60.7 Å². The van der Waals surface area contributed by atoms with Crippen LogP contribution in [0.5, 0.6) is 0 Å². The minimum absolute atomic E-state index is 0.00405. The van der Waals surface area contributed by atoms with Gasteiger partial charge in [-0.3, -0.25) is 14.3 Å². The zero-order valence-corrected chi connectivity index (χ0v) is 14.2. The van der Waals surface area contributed by atoms with Crippen LogP contribution in [0.4, 0.5) is 17.5 Å². The highest BCUT2D eigenvalue weighted by atomic mass is 32.1. The van der Waals surface area contributed by atoms with Crippen LogP contribution in [0.1, 0.15) is 0 Å². The maximum atomic E-state index is 11.9. The fourth-order valence-electron chi connectivity index (χ4n) is 2.01. The summed E-state index contributed by atoms with van der Waals surface area (Å²) in [6.45, 7) is -0.549. The van der Waals surface area contributed by atoms with Gasteiger partial charge in [0.05, 0.1) is 9.77 Å². The molecule has 128 valence electrons. The molecule has 1 aromatic rings. The van der Waals surface area contributed by atoms with Crippen molar-refractivity contribution < 1.29 is 23.6 Å². The molecule has 0 saturated heterocycles. The van der Waals surface area contributed by atoms with E-state index in [-0.39, 0.29) is 38.7 Å². The van der Waals surface area contributed by atoms with Crippen LogP contribution in [-0.2, 0) is 13.8 Å². The number of phosphoric ester groups is 1. The molecule has 24 heavy (non-hydrogen) atoms. The van der Waals surface area contributed by atoms with Crippen LogP contribution in [0.25, 0.3) is 0 Å². The van der Waals surface area contributed by atoms with Gasteiger partial charge >= 0.3 is 7.82 Å². The Balaban J connectivity index is 1.97. The fraction of sp³-hybridized carbons (Fsp3) is 0.200. The molecule has 2 aliphatic rings. The third-order valence-electron chi connectivity index (χ3n) is 3.00. The molecule has 1 atom stereocenters. The number of nitrogens with two attached hydrogens (primary N) is 1. The van der Waals surface area contributed by atoms with Gasteiger partial charge in [0.15, 0.2) is 11.5 Å². The second-order valence-electron chi connectivity index (χ2n) is 4.65. The summed E-state index contributed by atoms with van der Waals surface area (Å²) in [5.74, 6) is -0.0196. The van der Waals surface area contributed by atoms with Gasteiger partial charge in [0.1, 0.15) is 18.1 Å². The first kappa shape index (κ1) is 17.1. The molecule has 0 saturated carbocycles. The maximum absolute atomic E-state index is 11.9. The van der Waals surface area contributed by atoms with Crippen molar-refractivity contribution in [1.82, 2.24) is 9.97 Å². The molecule has 0 aliphatic carbocycles. The zero-order valence-electron chi connectivity index (χ0n) is 11.6. The van der Waals surface area contributed by atoms with Crippen LogP contribution in [0, 0.1) is 0 Å². The molecule has 0 amide bonds. The predicted octanol–water partition coefficient (Wildman–Crippen LogP) is -0.173. The fourth-order valence-corrected chi connectivity index (χ4v) is 2.79. The number of phosphoric acid groups is 1. The number of H-pyrrole nitrogens is 1. The summed E-state index contributed by atoms with van der Waals surface area (Å²) in [6, 6.07) is 0. The monoisotopic (exact) mass is 391 g/mol. The molecule has 11 nitrogen and oxygen atoms in total. The van der Waals surface area contributed by atoms with Gasteiger partial charge in [0.2, 0.25) is 12.2 Å². The second-order valence-corrected chi connectivity index (χ2v) is 6.75. The third-order valence-corrected chi connectivity index (χ3v) is 4.50. The standard InChI is InChI=1S/C10H10N5O6PS2/c11-10-14-7-4(8(16)15-10)12-3-6(24)5(23)2(21-9(3)13-7)1-20-22(17,18)19/h9,23H,1H2,(H2,17,18,19)(H4,11,13,14,15,16)/t9-/m1/s1. The lowest BCUT2D eigenvalue weighted by atomic mass is 10.1. The highest BCUT2D eigenvalue weighted by Gasteiger charge is 2.36. The molecule has 0 bridgehead atoms. The van der Waals surface area contributed by atoms with Gasteiger partial charge in [-0.05, 0) is 0 Å². The lowest BCUT2D eigenvalue weighted by Crippen LogP contribution is -2.44. The first-order chi connectivity index (χ1) is 11.2. The maximum Gasteiger partial charge on any atom is 0.470 e. The summed E-state index contributed by atoms with van der Waals surface area (Å²) in [7, 11) is -4.70. The number of hydrogen-bond acceptors (Lipinski definition) is 10. The Labute approximate surface area is 144 Å². The highest BCUT2D eigenvalue weighted by Crippen LogP contribution is 2.38. The minimum Gasteiger partial charge on any atom is -0.465 e. The normalized spacial score (nSPS) is 19.9. The summed E-state index contributed by atoms with van der Waals surface area (Å²) in [5, 5.41) is 2.79. The molecule has 0 unspecified atom stereocenters. The van der Waals surface area contributed by atoms with Gasteiger partial charge in [-0.2, -0.15) is 4.98 Å². The topological polar surface area (TPSA) is 172 Å². The summed E-state index contributed by atoms with van der Waals surface area (Å²) in [4.78, 5) is 40.1. The Morgan fingerprint density at radius 1 is 1.50 bits per heavy atom. The summed E-state index contributed by atoms with van der Waals surface area (Å²) < 4.78 is 20.7. The first-order valence-corrected chi connectivity index (χ1v) is 8.63. The van der Waals surface area contributed by atoms with Crippen molar-refractivity contribution in [3.8, 4) is 0 Å². The Morgan fingerprint density at radius 3 is 2.88 bits per heavy atom. The number of aromatic amines is 1. The minimum atomic E-state index is -4.70. The first-order valence-electron chi connectivity index (χ1n) is 6.24. The van der Waals surface area contributed by atoms with Crippen LogP contribution < -0.4 is 16.6 Å². The van der Waals surface area contributed by atoms with Crippen molar-refractivity contribution in [3.05, 3.63) is 21.0 Å². The quantitative estimate of drug-likeness (QED) is 0.231. The number of aromatic nitrogens is 2. The van der Waals surface area contributed by atoms with Crippen LogP contribution in [0.3, 0.4) is 0 Å². The summed E-state index contributed by atoms with van der Waals surface area (Å²) >= 11 is 9.38. The number of thiol groups is 1. The number of nitrogen functional groups attached to an aromatic ring is 1. The van der Waals surface area contributed by atoms with Crippen molar-refractivity contribution in [1.29, 1.82) is 0 Å². The highest BCUT2D eigenvalue weighted by molar-refractivity contribution is 7.91. The van der Waals surface area contributed by atoms with Crippen molar-refractivity contribution in [2.75, 3.05) is 17.7 Å². The van der Waals surface area contributed by atoms with Crippen molar-refractivity contribution in [2.45, 2.75) is 6.23 Å². The van der Waals surface area contributed by atoms with Crippen LogP contribution in [0.15, 0.2) is 20.5 Å². The van der Waals surface area contributed by atoms with Crippen LogP contribution in [-0.4, -0.2) is 43.2 Å². The van der Waals surface area contributed by atoms with Gasteiger partial charge in [0.25, 0.3) is 5.56 Å². The number of aliphatic imine (C=N–C) groups is 1. The molecule has 2 aliphatic heterocycles. The van der Waals surface area contributed by atoms with E-state index in [0.717, 1.165) is 0 Å². The van der Waals surface area contributed by atoms with Crippen LogP contribution >= 0.6 is 32.7 Å². The largest absolute Gasteiger partial charge is 0.470 e. The number of rotatable bonds is 3. The number of allylic oxidation sites excluding steroid dienone is 1. The number of nitrogens with zero attached hydrogens (tertiary/aromatic N) is 2. The number of nitrogens with one attached hydrogen (secondary N) is 2. The molecule has 3 heterocycles. The number of hydrogen-bond donors (Lipinski definition) is 6. The molecule has 3 rings (SSSR count). The Morgan fingerprint density at radius 2 is 2.21 bits per heavy atom. The lowest BCUT2D eigenvalue weighted by Gasteiger charge is -2.32. The molecular weight excluding hydrogens is 381 g/mol. The number of anilines is 2.